The van der Waals surface area contributed by atoms with Gasteiger partial charge in [0.1, 0.15) is 0 Å². The van der Waals surface area contributed by atoms with E-state index in [1.165, 1.54) is 38.5 Å². The fourth-order valence-electron chi connectivity index (χ4n) is 1.48. The van der Waals surface area contributed by atoms with Gasteiger partial charge in [-0.3, -0.25) is 4.57 Å². The minimum atomic E-state index is -1.71. The summed E-state index contributed by atoms with van der Waals surface area (Å²) < 4.78 is 16.7. The van der Waals surface area contributed by atoms with Crippen LogP contribution in [0.1, 0.15) is 65.2 Å². The Morgan fingerprint density at radius 2 is 1.44 bits per heavy atom. The third kappa shape index (κ3) is 14.7. The maximum absolute atomic E-state index is 11.4. The molecule has 0 saturated heterocycles. The van der Waals surface area contributed by atoms with Crippen molar-refractivity contribution in [3.8, 4) is 0 Å². The van der Waals surface area contributed by atoms with Crippen molar-refractivity contribution >= 4 is 25.4 Å². The van der Waals surface area contributed by atoms with Crippen LogP contribution in [-0.2, 0) is 9.09 Å². The minimum absolute atomic E-state index is 0. The molecule has 0 rings (SSSR count). The van der Waals surface area contributed by atoms with E-state index in [1.807, 2.05) is 0 Å². The van der Waals surface area contributed by atoms with Crippen LogP contribution in [0.5, 0.6) is 0 Å². The van der Waals surface area contributed by atoms with Gasteiger partial charge in [0.25, 0.3) is 0 Å². The second kappa shape index (κ2) is 15.7. The van der Waals surface area contributed by atoms with Crippen molar-refractivity contribution in [2.45, 2.75) is 65.2 Å². The van der Waals surface area contributed by atoms with Gasteiger partial charge >= 0.3 is 0 Å². The molecule has 2 nitrogen and oxygen atoms in total. The molecule has 98 valence electrons. The van der Waals surface area contributed by atoms with Gasteiger partial charge in [0.05, 0.1) is 6.61 Å². The molecule has 0 heterocycles. The van der Waals surface area contributed by atoms with Gasteiger partial charge in [-0.05, 0) is 12.8 Å². The number of unbranched alkanes of at least 4 members (excludes halogenated alkanes) is 6. The lowest BCUT2D eigenvalue weighted by Crippen LogP contribution is -1.89. The Kier molecular flexibility index (Phi) is 18.7. The monoisotopic (exact) mass is 264 g/mol. The highest BCUT2D eigenvalue weighted by Gasteiger charge is 1.99. The quantitative estimate of drug-likeness (QED) is 0.324. The fourth-order valence-corrected chi connectivity index (χ4v) is 2.54. The Bertz CT molecular complexity index is 154. The van der Waals surface area contributed by atoms with Crippen molar-refractivity contribution in [1.82, 2.24) is 0 Å². The first kappa shape index (κ1) is 19.1. The van der Waals surface area contributed by atoms with Crippen molar-refractivity contribution in [1.29, 1.82) is 0 Å². The van der Waals surface area contributed by atoms with Gasteiger partial charge in [-0.2, -0.15) is 0 Å². The van der Waals surface area contributed by atoms with Crippen LogP contribution in [0, 0.1) is 0 Å². The molecule has 0 fully saturated rings. The lowest BCUT2D eigenvalue weighted by molar-refractivity contribution is 0.316. The van der Waals surface area contributed by atoms with Gasteiger partial charge in [0, 0.05) is 6.16 Å². The number of hydrogen-bond acceptors (Lipinski definition) is 2. The minimum Gasteiger partial charge on any atom is -0.330 e. The average molecular weight is 264 g/mol. The van der Waals surface area contributed by atoms with Crippen LogP contribution in [0.4, 0.5) is 0 Å². The van der Waals surface area contributed by atoms with Crippen LogP contribution in [0.25, 0.3) is 0 Å². The molecule has 0 spiro atoms. The Hall–Kier alpha value is 0.722. The topological polar surface area (TPSA) is 26.3 Å². The van der Waals surface area contributed by atoms with Gasteiger partial charge < -0.3 is 4.52 Å². The van der Waals surface area contributed by atoms with Crippen LogP contribution in [0.2, 0.25) is 0 Å². The highest BCUT2D eigenvalue weighted by Crippen LogP contribution is 2.24. The fraction of sp³-hybridized carbons (Fsp3) is 1.00. The van der Waals surface area contributed by atoms with Crippen molar-refractivity contribution < 1.29 is 9.09 Å². The molecule has 0 amide bonds. The molecule has 0 aromatic rings. The molecular weight excluding hydrogens is 234 g/mol. The van der Waals surface area contributed by atoms with E-state index in [1.54, 1.807) is 0 Å². The Morgan fingerprint density at radius 1 is 0.875 bits per heavy atom. The molecule has 0 bridgehead atoms. The summed E-state index contributed by atoms with van der Waals surface area (Å²) in [5.41, 5.74) is 0. The van der Waals surface area contributed by atoms with Crippen molar-refractivity contribution in [3.05, 3.63) is 0 Å². The Morgan fingerprint density at radius 3 is 2.00 bits per heavy atom. The lowest BCUT2D eigenvalue weighted by atomic mass is 10.2. The van der Waals surface area contributed by atoms with E-state index in [2.05, 4.69) is 13.8 Å². The van der Waals surface area contributed by atoms with Gasteiger partial charge in [0.2, 0.25) is 0 Å². The zero-order chi connectivity index (χ0) is 11.4. The molecule has 1 unspecified atom stereocenters. The first-order valence-electron chi connectivity index (χ1n) is 6.46. The molecule has 16 heavy (non-hydrogen) atoms. The van der Waals surface area contributed by atoms with Crippen molar-refractivity contribution in [2.75, 3.05) is 12.8 Å². The summed E-state index contributed by atoms with van der Waals surface area (Å²) in [4.78, 5) is 0. The highest BCUT2D eigenvalue weighted by atomic mass is 31.1. The van der Waals surface area contributed by atoms with Gasteiger partial charge in [-0.15, -0.1) is 0 Å². The van der Waals surface area contributed by atoms with Crippen LogP contribution in [0.15, 0.2) is 0 Å². The summed E-state index contributed by atoms with van der Waals surface area (Å²) in [7, 11) is -1.71. The zero-order valence-corrected chi connectivity index (χ0v) is 11.4. The Labute approximate surface area is 113 Å². The smallest absolute Gasteiger partial charge is 0.191 e. The van der Waals surface area contributed by atoms with E-state index in [4.69, 9.17) is 4.52 Å². The highest BCUT2D eigenvalue weighted by molar-refractivity contribution is 7.39. The third-order valence-corrected chi connectivity index (χ3v) is 3.78. The average Bonchev–Trinajstić information content (AvgIpc) is 2.24. The summed E-state index contributed by atoms with van der Waals surface area (Å²) in [6, 6.07) is 0. The molecule has 0 aliphatic rings. The SMILES string of the molecule is CCCCCCO[PH](=O)CCCCCC.[AlH3]. The summed E-state index contributed by atoms with van der Waals surface area (Å²) in [6.45, 7) is 5.08. The Balaban J connectivity index is 0. The second-order valence-corrected chi connectivity index (χ2v) is 5.62. The number of rotatable bonds is 11. The number of hydrogen-bond donors (Lipinski definition) is 0. The molecule has 1 atom stereocenters. The second-order valence-electron chi connectivity index (χ2n) is 4.09. The van der Waals surface area contributed by atoms with Gasteiger partial charge in [0.15, 0.2) is 25.4 Å². The van der Waals surface area contributed by atoms with Gasteiger partial charge in [-0.1, -0.05) is 52.4 Å². The molecule has 0 aromatic heterocycles. The van der Waals surface area contributed by atoms with Crippen LogP contribution in [0.3, 0.4) is 0 Å². The molecule has 0 radical (unpaired) electrons. The standard InChI is InChI=1S/C12H27O2P.Al.3H/c1-3-5-7-9-11-14-15(13)12-10-8-6-4-2;;;;/h15H,3-12H2,1-2H3;;;;. The molecular formula is C12H30AlO2P. The van der Waals surface area contributed by atoms with Gasteiger partial charge in [-0.25, -0.2) is 0 Å². The maximum Gasteiger partial charge on any atom is 0.191 e. The predicted octanol–water partition coefficient (Wildman–Crippen LogP) is 3.45. The molecule has 0 aliphatic carbocycles. The summed E-state index contributed by atoms with van der Waals surface area (Å²) >= 11 is 0. The molecule has 0 aliphatic heterocycles. The molecule has 4 heteroatoms. The van der Waals surface area contributed by atoms with E-state index in [-0.39, 0.29) is 17.4 Å². The van der Waals surface area contributed by atoms with E-state index in [0.29, 0.717) is 6.61 Å². The van der Waals surface area contributed by atoms with Crippen LogP contribution in [-0.4, -0.2) is 30.1 Å². The van der Waals surface area contributed by atoms with E-state index >= 15 is 0 Å². The van der Waals surface area contributed by atoms with Crippen molar-refractivity contribution in [3.63, 3.8) is 0 Å². The predicted molar refractivity (Wildman–Crippen MR) is 78.0 cm³/mol. The first-order valence-corrected chi connectivity index (χ1v) is 7.99. The molecule has 0 N–H and O–H groups in total. The van der Waals surface area contributed by atoms with Crippen LogP contribution >= 0.6 is 8.03 Å². The molecule has 0 saturated carbocycles. The normalized spacial score (nSPS) is 12.1. The molecule has 0 aromatic carbocycles. The summed E-state index contributed by atoms with van der Waals surface area (Å²) in [5, 5.41) is 0. The van der Waals surface area contributed by atoms with E-state index in [0.717, 1.165) is 19.0 Å². The van der Waals surface area contributed by atoms with Crippen molar-refractivity contribution in [2.24, 2.45) is 0 Å². The lowest BCUT2D eigenvalue weighted by Gasteiger charge is -2.03. The first-order chi connectivity index (χ1) is 7.31. The van der Waals surface area contributed by atoms with E-state index in [9.17, 15) is 4.57 Å². The largest absolute Gasteiger partial charge is 0.330 e. The summed E-state index contributed by atoms with van der Waals surface area (Å²) in [5.74, 6) is 0. The van der Waals surface area contributed by atoms with E-state index < -0.39 is 8.03 Å². The maximum atomic E-state index is 11.4. The third-order valence-electron chi connectivity index (χ3n) is 2.50. The summed E-state index contributed by atoms with van der Waals surface area (Å²) in [6.07, 6.45) is 10.3. The van der Waals surface area contributed by atoms with Crippen LogP contribution < -0.4 is 0 Å². The zero-order valence-electron chi connectivity index (χ0n) is 10.4.